The number of methoxy groups -OCH3 is 1. The summed E-state index contributed by atoms with van der Waals surface area (Å²) in [5.41, 5.74) is 0.0993. The molecule has 0 heterocycles. The molecule has 0 aromatic carbocycles. The van der Waals surface area contributed by atoms with Crippen LogP contribution in [0.25, 0.3) is 0 Å². The van der Waals surface area contributed by atoms with Gasteiger partial charge in [-0.3, -0.25) is 0 Å². The summed E-state index contributed by atoms with van der Waals surface area (Å²) >= 11 is 0. The first-order valence-corrected chi connectivity index (χ1v) is 6.13. The van der Waals surface area contributed by atoms with E-state index in [1.807, 2.05) is 0 Å². The number of likely N-dealkylation sites (N-methyl/N-ethyl adjacent to an activating group) is 1. The predicted molar refractivity (Wildman–Crippen MR) is 66.8 cm³/mol. The second kappa shape index (κ2) is 5.03. The third kappa shape index (κ3) is 3.44. The maximum absolute atomic E-state index is 5.97. The van der Waals surface area contributed by atoms with Crippen molar-refractivity contribution in [1.82, 2.24) is 4.90 Å². The van der Waals surface area contributed by atoms with Crippen molar-refractivity contribution in [2.24, 2.45) is 0 Å². The molecule has 0 radical (unpaired) electrons. The van der Waals surface area contributed by atoms with E-state index in [0.717, 1.165) is 25.9 Å². The van der Waals surface area contributed by atoms with E-state index >= 15 is 0 Å². The van der Waals surface area contributed by atoms with Gasteiger partial charge in [-0.15, -0.1) is 0 Å². The first-order chi connectivity index (χ1) is 7.29. The Bertz CT molecular complexity index is 222. The van der Waals surface area contributed by atoms with Crippen molar-refractivity contribution < 1.29 is 9.47 Å². The molecule has 0 aromatic rings. The second-order valence-corrected chi connectivity index (χ2v) is 6.12. The topological polar surface area (TPSA) is 21.7 Å². The summed E-state index contributed by atoms with van der Waals surface area (Å²) in [5, 5.41) is 0. The summed E-state index contributed by atoms with van der Waals surface area (Å²) in [6.45, 7) is 7.13. The predicted octanol–water partition coefficient (Wildman–Crippen LogP) is 2.30. The Labute approximate surface area is 100 Å². The SMILES string of the molecule is COC1CCC(COC(C)(C)C)(N(C)C)C1. The molecule has 0 spiro atoms. The highest BCUT2D eigenvalue weighted by atomic mass is 16.5. The molecule has 1 fully saturated rings. The minimum absolute atomic E-state index is 0.0613. The molecule has 16 heavy (non-hydrogen) atoms. The van der Waals surface area contributed by atoms with Gasteiger partial charge in [0.05, 0.1) is 18.3 Å². The van der Waals surface area contributed by atoms with E-state index in [1.165, 1.54) is 0 Å². The summed E-state index contributed by atoms with van der Waals surface area (Å²) in [6, 6.07) is 0. The lowest BCUT2D eigenvalue weighted by atomic mass is 9.96. The summed E-state index contributed by atoms with van der Waals surface area (Å²) in [5.74, 6) is 0. The summed E-state index contributed by atoms with van der Waals surface area (Å²) in [7, 11) is 6.09. The van der Waals surface area contributed by atoms with Gasteiger partial charge in [0.1, 0.15) is 0 Å². The molecule has 96 valence electrons. The zero-order chi connectivity index (χ0) is 12.4. The lowest BCUT2D eigenvalue weighted by molar-refractivity contribution is -0.0644. The van der Waals surface area contributed by atoms with Crippen LogP contribution in [0.2, 0.25) is 0 Å². The lowest BCUT2D eigenvalue weighted by Crippen LogP contribution is -2.48. The molecule has 0 amide bonds. The smallest absolute Gasteiger partial charge is 0.0658 e. The van der Waals surface area contributed by atoms with Crippen LogP contribution >= 0.6 is 0 Å². The van der Waals surface area contributed by atoms with E-state index in [4.69, 9.17) is 9.47 Å². The van der Waals surface area contributed by atoms with Crippen LogP contribution in [0.3, 0.4) is 0 Å². The quantitative estimate of drug-likeness (QED) is 0.738. The van der Waals surface area contributed by atoms with E-state index in [-0.39, 0.29) is 11.1 Å². The molecule has 1 saturated carbocycles. The summed E-state index contributed by atoms with van der Waals surface area (Å²) in [6.07, 6.45) is 3.77. The molecule has 0 bridgehead atoms. The van der Waals surface area contributed by atoms with E-state index in [0.29, 0.717) is 6.10 Å². The van der Waals surface area contributed by atoms with Crippen LogP contribution in [-0.2, 0) is 9.47 Å². The van der Waals surface area contributed by atoms with Crippen LogP contribution in [0.15, 0.2) is 0 Å². The fourth-order valence-corrected chi connectivity index (χ4v) is 2.28. The lowest BCUT2D eigenvalue weighted by Gasteiger charge is -2.38. The van der Waals surface area contributed by atoms with Crippen molar-refractivity contribution in [2.45, 2.75) is 57.3 Å². The molecule has 2 unspecified atom stereocenters. The zero-order valence-corrected chi connectivity index (χ0v) is 11.7. The number of nitrogens with zero attached hydrogens (tertiary/aromatic N) is 1. The zero-order valence-electron chi connectivity index (χ0n) is 11.7. The van der Waals surface area contributed by atoms with Crippen LogP contribution in [0.4, 0.5) is 0 Å². The van der Waals surface area contributed by atoms with Crippen molar-refractivity contribution in [3.8, 4) is 0 Å². The fraction of sp³-hybridized carbons (Fsp3) is 1.00. The number of hydrogen-bond donors (Lipinski definition) is 0. The Morgan fingerprint density at radius 2 is 1.94 bits per heavy atom. The maximum Gasteiger partial charge on any atom is 0.0658 e. The molecule has 2 atom stereocenters. The highest BCUT2D eigenvalue weighted by Gasteiger charge is 2.42. The van der Waals surface area contributed by atoms with Gasteiger partial charge in [-0.25, -0.2) is 0 Å². The highest BCUT2D eigenvalue weighted by molar-refractivity contribution is 4.97. The van der Waals surface area contributed by atoms with Crippen LogP contribution in [0.5, 0.6) is 0 Å². The molecule has 1 aliphatic carbocycles. The molecule has 3 heteroatoms. The third-order valence-corrected chi connectivity index (χ3v) is 3.60. The van der Waals surface area contributed by atoms with Gasteiger partial charge in [0.15, 0.2) is 0 Å². The number of hydrogen-bond acceptors (Lipinski definition) is 3. The Morgan fingerprint density at radius 3 is 2.31 bits per heavy atom. The van der Waals surface area contributed by atoms with Crippen molar-refractivity contribution in [1.29, 1.82) is 0 Å². The molecular weight excluding hydrogens is 202 g/mol. The number of ether oxygens (including phenoxy) is 2. The van der Waals surface area contributed by atoms with Crippen molar-refractivity contribution in [2.75, 3.05) is 27.8 Å². The Hall–Kier alpha value is -0.120. The van der Waals surface area contributed by atoms with Crippen LogP contribution in [0, 0.1) is 0 Å². The van der Waals surface area contributed by atoms with Crippen LogP contribution in [-0.4, -0.2) is 50.0 Å². The average Bonchev–Trinajstić information content (AvgIpc) is 2.58. The monoisotopic (exact) mass is 229 g/mol. The molecule has 0 saturated heterocycles. The second-order valence-electron chi connectivity index (χ2n) is 6.12. The van der Waals surface area contributed by atoms with Gasteiger partial charge in [0, 0.05) is 12.6 Å². The average molecular weight is 229 g/mol. The summed E-state index contributed by atoms with van der Waals surface area (Å²) < 4.78 is 11.4. The molecule has 0 aliphatic heterocycles. The maximum atomic E-state index is 5.97. The first-order valence-electron chi connectivity index (χ1n) is 6.13. The molecule has 0 N–H and O–H groups in total. The third-order valence-electron chi connectivity index (χ3n) is 3.60. The Morgan fingerprint density at radius 1 is 1.31 bits per heavy atom. The first kappa shape index (κ1) is 13.9. The van der Waals surface area contributed by atoms with Crippen molar-refractivity contribution >= 4 is 0 Å². The Kier molecular flexibility index (Phi) is 4.38. The van der Waals surface area contributed by atoms with Gasteiger partial charge >= 0.3 is 0 Å². The normalized spacial score (nSPS) is 31.3. The van der Waals surface area contributed by atoms with E-state index in [9.17, 15) is 0 Å². The largest absolute Gasteiger partial charge is 0.381 e. The van der Waals surface area contributed by atoms with Gasteiger partial charge in [0.25, 0.3) is 0 Å². The van der Waals surface area contributed by atoms with Crippen molar-refractivity contribution in [3.05, 3.63) is 0 Å². The van der Waals surface area contributed by atoms with Crippen LogP contribution < -0.4 is 0 Å². The number of rotatable bonds is 4. The van der Waals surface area contributed by atoms with Gasteiger partial charge < -0.3 is 14.4 Å². The standard InChI is InChI=1S/C13H27NO2/c1-12(2,3)16-10-13(14(4)5)8-7-11(9-13)15-6/h11H,7-10H2,1-6H3. The van der Waals surface area contributed by atoms with E-state index in [2.05, 4.69) is 39.8 Å². The molecule has 0 aromatic heterocycles. The minimum Gasteiger partial charge on any atom is -0.381 e. The van der Waals surface area contributed by atoms with Gasteiger partial charge in [-0.2, -0.15) is 0 Å². The highest BCUT2D eigenvalue weighted by Crippen LogP contribution is 2.36. The molecule has 1 rings (SSSR count). The van der Waals surface area contributed by atoms with E-state index in [1.54, 1.807) is 7.11 Å². The van der Waals surface area contributed by atoms with Crippen LogP contribution in [0.1, 0.15) is 40.0 Å². The minimum atomic E-state index is -0.0613. The fourth-order valence-electron chi connectivity index (χ4n) is 2.28. The van der Waals surface area contributed by atoms with Gasteiger partial charge in [0.2, 0.25) is 0 Å². The molecule has 1 aliphatic rings. The molecule has 3 nitrogen and oxygen atoms in total. The van der Waals surface area contributed by atoms with Gasteiger partial charge in [-0.1, -0.05) is 0 Å². The van der Waals surface area contributed by atoms with E-state index < -0.39 is 0 Å². The molecular formula is C13H27NO2. The Balaban J connectivity index is 2.61. The van der Waals surface area contributed by atoms with Gasteiger partial charge in [-0.05, 0) is 54.1 Å². The summed E-state index contributed by atoms with van der Waals surface area (Å²) in [4.78, 5) is 2.30. The van der Waals surface area contributed by atoms with Crippen molar-refractivity contribution in [3.63, 3.8) is 0 Å².